The van der Waals surface area contributed by atoms with Gasteiger partial charge < -0.3 is 15.1 Å². The third-order valence-electron chi connectivity index (χ3n) is 4.19. The first-order valence-electron chi connectivity index (χ1n) is 7.64. The highest BCUT2D eigenvalue weighted by Gasteiger charge is 2.20. The number of anilines is 1. The highest BCUT2D eigenvalue weighted by Crippen LogP contribution is 2.30. The number of carboxylic acid groups (broad SMARTS) is 2. The Morgan fingerprint density at radius 3 is 2.57 bits per heavy atom. The van der Waals surface area contributed by atoms with E-state index in [1.165, 1.54) is 10.6 Å². The number of nitrogens with zero attached hydrogens (tertiary/aromatic N) is 3. The molecule has 0 atom stereocenters. The molecule has 3 rings (SSSR count). The molecular formula is C16H19N3O4. The first-order valence-corrected chi connectivity index (χ1v) is 7.64. The number of aliphatic carboxylic acids is 2. The molecule has 0 radical (unpaired) electrons. The number of hydrogen-bond acceptors (Lipinski definition) is 4. The summed E-state index contributed by atoms with van der Waals surface area (Å²) in [5.41, 5.74) is 3.48. The van der Waals surface area contributed by atoms with Crippen LogP contribution in [0.15, 0.2) is 12.1 Å². The number of aromatic nitrogens is 2. The van der Waals surface area contributed by atoms with Gasteiger partial charge in [-0.15, -0.1) is 0 Å². The number of carbonyl (C=O) groups is 2. The van der Waals surface area contributed by atoms with Gasteiger partial charge in [-0.25, -0.2) is 0 Å². The third kappa shape index (κ3) is 2.99. The molecule has 1 aliphatic heterocycles. The molecule has 7 heteroatoms. The molecule has 2 heterocycles. The minimum atomic E-state index is -1.06. The quantitative estimate of drug-likeness (QED) is 0.870. The summed E-state index contributed by atoms with van der Waals surface area (Å²) in [7, 11) is 0. The maximum atomic E-state index is 11.0. The van der Waals surface area contributed by atoms with Gasteiger partial charge in [0.25, 0.3) is 0 Å². The zero-order chi connectivity index (χ0) is 16.6. The lowest BCUT2D eigenvalue weighted by atomic mass is 10.0. The summed E-state index contributed by atoms with van der Waals surface area (Å²) < 4.78 is 2.01. The number of carboxylic acids is 2. The first-order chi connectivity index (χ1) is 11.0. The van der Waals surface area contributed by atoms with E-state index in [0.717, 1.165) is 42.3 Å². The van der Waals surface area contributed by atoms with Gasteiger partial charge in [-0.05, 0) is 43.9 Å². The van der Waals surface area contributed by atoms with Crippen molar-refractivity contribution in [3.63, 3.8) is 0 Å². The third-order valence-corrected chi connectivity index (χ3v) is 4.19. The number of hydrogen-bond donors (Lipinski definition) is 2. The van der Waals surface area contributed by atoms with Gasteiger partial charge in [0.1, 0.15) is 13.1 Å². The summed E-state index contributed by atoms with van der Waals surface area (Å²) in [6.45, 7) is 2.06. The van der Waals surface area contributed by atoms with E-state index in [4.69, 9.17) is 10.2 Å². The summed E-state index contributed by atoms with van der Waals surface area (Å²) in [6.07, 6.45) is 3.24. The van der Waals surface area contributed by atoms with Gasteiger partial charge in [0.15, 0.2) is 0 Å². The molecule has 7 nitrogen and oxygen atoms in total. The average Bonchev–Trinajstić information content (AvgIpc) is 2.82. The van der Waals surface area contributed by atoms with Crippen molar-refractivity contribution in [2.24, 2.45) is 0 Å². The Kier molecular flexibility index (Phi) is 3.94. The van der Waals surface area contributed by atoms with Crippen molar-refractivity contribution in [1.29, 1.82) is 0 Å². The Hall–Kier alpha value is -2.57. The topological polar surface area (TPSA) is 95.7 Å². The van der Waals surface area contributed by atoms with Crippen LogP contribution >= 0.6 is 0 Å². The standard InChI is InChI=1S/C16H19N3O4/c1-10-6-11-12(17-19-5-3-2-4-13(11)19)7-14(10)18(8-15(20)21)9-16(22)23/h6-7H,2-5,8-9H2,1H3,(H,20,21)(H,22,23). The smallest absolute Gasteiger partial charge is 0.323 e. The van der Waals surface area contributed by atoms with E-state index in [-0.39, 0.29) is 13.1 Å². The fourth-order valence-corrected chi connectivity index (χ4v) is 3.22. The van der Waals surface area contributed by atoms with E-state index in [1.807, 2.05) is 23.7 Å². The van der Waals surface area contributed by atoms with Crippen LogP contribution in [0, 0.1) is 6.92 Å². The summed E-state index contributed by atoms with van der Waals surface area (Å²) in [5, 5.41) is 23.8. The molecule has 122 valence electrons. The van der Waals surface area contributed by atoms with Crippen molar-refractivity contribution in [3.05, 3.63) is 23.4 Å². The van der Waals surface area contributed by atoms with Crippen molar-refractivity contribution in [2.45, 2.75) is 32.7 Å². The van der Waals surface area contributed by atoms with Crippen molar-refractivity contribution in [2.75, 3.05) is 18.0 Å². The lowest BCUT2D eigenvalue weighted by molar-refractivity contribution is -0.136. The van der Waals surface area contributed by atoms with Crippen molar-refractivity contribution in [1.82, 2.24) is 9.78 Å². The van der Waals surface area contributed by atoms with Gasteiger partial charge in [-0.3, -0.25) is 14.3 Å². The van der Waals surface area contributed by atoms with Crippen molar-refractivity contribution < 1.29 is 19.8 Å². The van der Waals surface area contributed by atoms with E-state index in [1.54, 1.807) is 0 Å². The van der Waals surface area contributed by atoms with Crippen LogP contribution in [-0.2, 0) is 22.6 Å². The zero-order valence-electron chi connectivity index (χ0n) is 12.9. The van der Waals surface area contributed by atoms with Gasteiger partial charge in [0, 0.05) is 23.3 Å². The Labute approximate surface area is 133 Å². The molecule has 0 aliphatic carbocycles. The second-order valence-corrected chi connectivity index (χ2v) is 5.93. The Bertz CT molecular complexity index is 765. The summed E-state index contributed by atoms with van der Waals surface area (Å²) in [5.74, 6) is -2.12. The molecule has 2 N–H and O–H groups in total. The highest BCUT2D eigenvalue weighted by molar-refractivity contribution is 5.89. The normalized spacial score (nSPS) is 13.8. The van der Waals surface area contributed by atoms with Crippen LogP contribution in [0.4, 0.5) is 5.69 Å². The minimum absolute atomic E-state index is 0.355. The highest BCUT2D eigenvalue weighted by atomic mass is 16.4. The monoisotopic (exact) mass is 317 g/mol. The number of aryl methyl sites for hydroxylation is 3. The number of fused-ring (bicyclic) bond motifs is 3. The molecular weight excluding hydrogens is 298 g/mol. The Balaban J connectivity index is 2.07. The molecule has 1 aliphatic rings. The van der Waals surface area contributed by atoms with Crippen LogP contribution in [0.5, 0.6) is 0 Å². The predicted molar refractivity (Wildman–Crippen MR) is 84.9 cm³/mol. The van der Waals surface area contributed by atoms with E-state index < -0.39 is 11.9 Å². The van der Waals surface area contributed by atoms with Gasteiger partial charge in [0.2, 0.25) is 0 Å². The molecule has 0 saturated heterocycles. The van der Waals surface area contributed by atoms with Crippen LogP contribution in [0.3, 0.4) is 0 Å². The molecule has 1 aromatic heterocycles. The SMILES string of the molecule is Cc1cc2c3n(nc2cc1N(CC(=O)O)CC(=O)O)CCCC3. The van der Waals surface area contributed by atoms with E-state index in [0.29, 0.717) is 5.69 Å². The number of rotatable bonds is 5. The molecule has 0 fully saturated rings. The molecule has 2 aromatic rings. The fraction of sp³-hybridized carbons (Fsp3) is 0.438. The van der Waals surface area contributed by atoms with Crippen molar-refractivity contribution >= 4 is 28.5 Å². The first kappa shape index (κ1) is 15.3. The zero-order valence-corrected chi connectivity index (χ0v) is 12.9. The molecule has 0 bridgehead atoms. The molecule has 0 amide bonds. The van der Waals surface area contributed by atoms with Crippen LogP contribution in [-0.4, -0.2) is 45.0 Å². The summed E-state index contributed by atoms with van der Waals surface area (Å²) in [4.78, 5) is 23.4. The van der Waals surface area contributed by atoms with Crippen LogP contribution in [0.1, 0.15) is 24.1 Å². The molecule has 0 spiro atoms. The second kappa shape index (κ2) is 5.91. The van der Waals surface area contributed by atoms with Crippen LogP contribution in [0.2, 0.25) is 0 Å². The fourth-order valence-electron chi connectivity index (χ4n) is 3.22. The van der Waals surface area contributed by atoms with Crippen LogP contribution < -0.4 is 4.90 Å². The molecule has 23 heavy (non-hydrogen) atoms. The summed E-state index contributed by atoms with van der Waals surface area (Å²) >= 11 is 0. The lowest BCUT2D eigenvalue weighted by Crippen LogP contribution is -2.34. The van der Waals surface area contributed by atoms with Gasteiger partial charge in [0.05, 0.1) is 5.52 Å². The number of benzene rings is 1. The average molecular weight is 317 g/mol. The molecule has 0 saturated carbocycles. The van der Waals surface area contributed by atoms with Gasteiger partial charge in [-0.1, -0.05) is 0 Å². The summed E-state index contributed by atoms with van der Waals surface area (Å²) in [6, 6.07) is 3.80. The van der Waals surface area contributed by atoms with E-state index in [2.05, 4.69) is 5.10 Å². The van der Waals surface area contributed by atoms with E-state index in [9.17, 15) is 9.59 Å². The Morgan fingerprint density at radius 2 is 1.91 bits per heavy atom. The lowest BCUT2D eigenvalue weighted by Gasteiger charge is -2.22. The maximum Gasteiger partial charge on any atom is 0.323 e. The van der Waals surface area contributed by atoms with Crippen molar-refractivity contribution in [3.8, 4) is 0 Å². The molecule has 0 unspecified atom stereocenters. The largest absolute Gasteiger partial charge is 0.480 e. The maximum absolute atomic E-state index is 11.0. The molecule has 1 aromatic carbocycles. The minimum Gasteiger partial charge on any atom is -0.480 e. The van der Waals surface area contributed by atoms with Gasteiger partial charge in [-0.2, -0.15) is 5.10 Å². The van der Waals surface area contributed by atoms with E-state index >= 15 is 0 Å². The predicted octanol–water partition coefficient (Wildman–Crippen LogP) is 1.66. The Morgan fingerprint density at radius 1 is 1.22 bits per heavy atom. The van der Waals surface area contributed by atoms with Crippen LogP contribution in [0.25, 0.3) is 10.9 Å². The second-order valence-electron chi connectivity index (χ2n) is 5.93. The van der Waals surface area contributed by atoms with Gasteiger partial charge >= 0.3 is 11.9 Å².